The molecule has 1 aliphatic rings. The van der Waals surface area contributed by atoms with E-state index in [-0.39, 0.29) is 6.04 Å². The highest BCUT2D eigenvalue weighted by Crippen LogP contribution is 2.31. The molecule has 2 aromatic carbocycles. The summed E-state index contributed by atoms with van der Waals surface area (Å²) in [4.78, 5) is 13.9. The highest BCUT2D eigenvalue weighted by atomic mass is 15.3. The summed E-state index contributed by atoms with van der Waals surface area (Å²) in [6.45, 7) is 3.80. The number of hydrogen-bond donors (Lipinski definition) is 0. The lowest BCUT2D eigenvalue weighted by molar-refractivity contribution is 0.212. The van der Waals surface area contributed by atoms with Crippen LogP contribution in [-0.2, 0) is 7.05 Å². The fraction of sp³-hybridized carbons (Fsp3) is 0.261. The highest BCUT2D eigenvalue weighted by molar-refractivity contribution is 5.86. The van der Waals surface area contributed by atoms with Crippen molar-refractivity contribution in [2.24, 2.45) is 7.05 Å². The zero-order valence-electron chi connectivity index (χ0n) is 16.5. The monoisotopic (exact) mass is 384 g/mol. The second-order valence-corrected chi connectivity index (χ2v) is 7.45. The zero-order valence-corrected chi connectivity index (χ0v) is 16.5. The number of nitrogens with zero attached hydrogens (tertiary/aromatic N) is 6. The van der Waals surface area contributed by atoms with Crippen LogP contribution in [0.3, 0.4) is 0 Å². The van der Waals surface area contributed by atoms with E-state index in [0.29, 0.717) is 0 Å². The number of fused-ring (bicyclic) bond motifs is 1. The van der Waals surface area contributed by atoms with Gasteiger partial charge in [0.2, 0.25) is 0 Å². The molecule has 1 fully saturated rings. The van der Waals surface area contributed by atoms with Gasteiger partial charge in [0.05, 0.1) is 17.6 Å². The smallest absolute Gasteiger partial charge is 0.163 e. The lowest BCUT2D eigenvalue weighted by atomic mass is 9.96. The van der Waals surface area contributed by atoms with Crippen molar-refractivity contribution in [1.29, 1.82) is 0 Å². The fourth-order valence-corrected chi connectivity index (χ4v) is 4.28. The summed E-state index contributed by atoms with van der Waals surface area (Å²) in [6, 6.07) is 21.9. The Bertz CT molecular complexity index is 1040. The summed E-state index contributed by atoms with van der Waals surface area (Å²) in [6.07, 6.45) is 3.51. The van der Waals surface area contributed by atoms with Crippen LogP contribution in [0.4, 0.5) is 5.82 Å². The molecule has 29 heavy (non-hydrogen) atoms. The van der Waals surface area contributed by atoms with Crippen LogP contribution < -0.4 is 4.90 Å². The topological polar surface area (TPSA) is 50.1 Å². The first kappa shape index (κ1) is 17.8. The molecule has 3 heterocycles. The van der Waals surface area contributed by atoms with E-state index in [2.05, 4.69) is 85.5 Å². The van der Waals surface area contributed by atoms with Gasteiger partial charge in [0, 0.05) is 33.2 Å². The molecule has 146 valence electrons. The Morgan fingerprint density at radius 1 is 0.793 bits per heavy atom. The summed E-state index contributed by atoms with van der Waals surface area (Å²) in [5.74, 6) is 0.985. The summed E-state index contributed by atoms with van der Waals surface area (Å²) < 4.78 is 1.80. The van der Waals surface area contributed by atoms with Crippen molar-refractivity contribution in [1.82, 2.24) is 24.6 Å². The van der Waals surface area contributed by atoms with Crippen molar-refractivity contribution in [3.63, 3.8) is 0 Å². The average molecular weight is 384 g/mol. The number of piperazine rings is 1. The van der Waals surface area contributed by atoms with E-state index in [4.69, 9.17) is 0 Å². The van der Waals surface area contributed by atoms with Crippen LogP contribution in [0.5, 0.6) is 0 Å². The molecule has 0 aliphatic carbocycles. The summed E-state index contributed by atoms with van der Waals surface area (Å²) in [5.41, 5.74) is 3.55. The standard InChI is InChI=1S/C23H24N6/c1-27-22-20(16-26-27)23(25-17-24-22)29-14-12-28(13-15-29)21(18-8-4-2-5-9-18)19-10-6-3-7-11-19/h2-11,16-17,21H,12-15H2,1H3. The molecule has 0 unspecified atom stereocenters. The zero-order chi connectivity index (χ0) is 19.6. The predicted molar refractivity (Wildman–Crippen MR) is 115 cm³/mol. The third-order valence-electron chi connectivity index (χ3n) is 5.72. The minimum absolute atomic E-state index is 0.267. The van der Waals surface area contributed by atoms with Crippen molar-refractivity contribution in [3.8, 4) is 0 Å². The molecule has 1 aliphatic heterocycles. The van der Waals surface area contributed by atoms with Gasteiger partial charge >= 0.3 is 0 Å². The lowest BCUT2D eigenvalue weighted by Gasteiger charge is -2.40. The first-order valence-corrected chi connectivity index (χ1v) is 10.0. The van der Waals surface area contributed by atoms with Crippen LogP contribution in [0, 0.1) is 0 Å². The van der Waals surface area contributed by atoms with Crippen LogP contribution in [0.15, 0.2) is 73.2 Å². The van der Waals surface area contributed by atoms with Gasteiger partial charge in [-0.2, -0.15) is 5.10 Å². The van der Waals surface area contributed by atoms with Crippen LogP contribution in [-0.4, -0.2) is 50.8 Å². The first-order chi connectivity index (χ1) is 14.3. The Hall–Kier alpha value is -3.25. The van der Waals surface area contributed by atoms with E-state index in [9.17, 15) is 0 Å². The average Bonchev–Trinajstić information content (AvgIpc) is 3.17. The highest BCUT2D eigenvalue weighted by Gasteiger charge is 2.27. The second-order valence-electron chi connectivity index (χ2n) is 7.45. The number of hydrogen-bond acceptors (Lipinski definition) is 5. The first-order valence-electron chi connectivity index (χ1n) is 10.0. The fourth-order valence-electron chi connectivity index (χ4n) is 4.28. The van der Waals surface area contributed by atoms with Gasteiger partial charge in [-0.15, -0.1) is 0 Å². The summed E-state index contributed by atoms with van der Waals surface area (Å²) >= 11 is 0. The van der Waals surface area contributed by atoms with Gasteiger partial charge in [-0.25, -0.2) is 9.97 Å². The molecule has 0 N–H and O–H groups in total. The van der Waals surface area contributed by atoms with Crippen molar-refractivity contribution in [2.45, 2.75) is 6.04 Å². The molecule has 4 aromatic rings. The van der Waals surface area contributed by atoms with Gasteiger partial charge in [-0.05, 0) is 11.1 Å². The van der Waals surface area contributed by atoms with Crippen LogP contribution in [0.2, 0.25) is 0 Å². The Kier molecular flexibility index (Phi) is 4.69. The number of rotatable bonds is 4. The molecule has 2 aromatic heterocycles. The molecule has 6 heteroatoms. The molecule has 0 saturated carbocycles. The van der Waals surface area contributed by atoms with Crippen molar-refractivity contribution in [3.05, 3.63) is 84.3 Å². The van der Waals surface area contributed by atoms with E-state index in [1.54, 1.807) is 11.0 Å². The molecule has 0 bridgehead atoms. The maximum absolute atomic E-state index is 4.57. The molecular formula is C23H24N6. The van der Waals surface area contributed by atoms with E-state index in [0.717, 1.165) is 43.0 Å². The third-order valence-corrected chi connectivity index (χ3v) is 5.72. The Morgan fingerprint density at radius 2 is 1.41 bits per heavy atom. The van der Waals surface area contributed by atoms with Crippen molar-refractivity contribution >= 4 is 16.9 Å². The minimum atomic E-state index is 0.267. The Balaban J connectivity index is 1.41. The number of anilines is 1. The van der Waals surface area contributed by atoms with Crippen molar-refractivity contribution < 1.29 is 0 Å². The summed E-state index contributed by atoms with van der Waals surface area (Å²) in [7, 11) is 1.92. The molecule has 0 amide bonds. The lowest BCUT2D eigenvalue weighted by Crippen LogP contribution is -2.48. The predicted octanol–water partition coefficient (Wildman–Crippen LogP) is 3.27. The van der Waals surface area contributed by atoms with Gasteiger partial charge in [0.15, 0.2) is 5.65 Å². The molecule has 1 saturated heterocycles. The van der Waals surface area contributed by atoms with Crippen LogP contribution >= 0.6 is 0 Å². The molecule has 0 atom stereocenters. The number of aromatic nitrogens is 4. The van der Waals surface area contributed by atoms with Gasteiger partial charge in [-0.3, -0.25) is 9.58 Å². The quantitative estimate of drug-likeness (QED) is 0.540. The maximum Gasteiger partial charge on any atom is 0.163 e. The Morgan fingerprint density at radius 3 is 2.03 bits per heavy atom. The maximum atomic E-state index is 4.57. The number of benzene rings is 2. The van der Waals surface area contributed by atoms with Crippen LogP contribution in [0.25, 0.3) is 11.0 Å². The van der Waals surface area contributed by atoms with Gasteiger partial charge in [0.1, 0.15) is 12.1 Å². The SMILES string of the molecule is Cn1ncc2c(N3CCN(C(c4ccccc4)c4ccccc4)CC3)ncnc21. The summed E-state index contributed by atoms with van der Waals surface area (Å²) in [5, 5.41) is 5.37. The van der Waals surface area contributed by atoms with Crippen LogP contribution in [0.1, 0.15) is 17.2 Å². The molecule has 0 spiro atoms. The van der Waals surface area contributed by atoms with Crippen molar-refractivity contribution in [2.75, 3.05) is 31.1 Å². The normalized spacial score (nSPS) is 15.3. The minimum Gasteiger partial charge on any atom is -0.353 e. The molecule has 5 rings (SSSR count). The van der Waals surface area contributed by atoms with E-state index in [1.807, 2.05) is 13.2 Å². The molecule has 0 radical (unpaired) electrons. The van der Waals surface area contributed by atoms with E-state index < -0.39 is 0 Å². The second kappa shape index (κ2) is 7.64. The van der Waals surface area contributed by atoms with E-state index >= 15 is 0 Å². The number of aryl methyl sites for hydroxylation is 1. The Labute approximate surface area is 170 Å². The van der Waals surface area contributed by atoms with Gasteiger partial charge < -0.3 is 4.90 Å². The largest absolute Gasteiger partial charge is 0.353 e. The third kappa shape index (κ3) is 3.36. The molecular weight excluding hydrogens is 360 g/mol. The van der Waals surface area contributed by atoms with Gasteiger partial charge in [-0.1, -0.05) is 60.7 Å². The van der Waals surface area contributed by atoms with Gasteiger partial charge in [0.25, 0.3) is 0 Å². The van der Waals surface area contributed by atoms with E-state index in [1.165, 1.54) is 11.1 Å². The molecule has 6 nitrogen and oxygen atoms in total.